The standard InChI is InChI=1S/C40H26N4/c41-23-31-32(24-42)36(22-21-35(31)43-33-15-7-5-13-29(33)30-14-6-8-16-34(30)43)44-37-19-17-25-9-1-3-11-27(25)39(37)40-28-12-4-2-10-26(28)18-20-38(40)44/h1-22,25,27,31-32H. The molecule has 4 heteroatoms. The first-order valence-corrected chi connectivity index (χ1v) is 15.1. The van der Waals surface area contributed by atoms with Gasteiger partial charge in [-0.25, -0.2) is 0 Å². The summed E-state index contributed by atoms with van der Waals surface area (Å²) in [4.78, 5) is 0. The zero-order valence-electron chi connectivity index (χ0n) is 23.8. The third-order valence-corrected chi connectivity index (χ3v) is 9.69. The summed E-state index contributed by atoms with van der Waals surface area (Å²) in [5.41, 5.74) is 7.18. The highest BCUT2D eigenvalue weighted by molar-refractivity contribution is 6.12. The average molecular weight is 563 g/mol. The number of rotatable bonds is 2. The summed E-state index contributed by atoms with van der Waals surface area (Å²) in [7, 11) is 0. The Bertz CT molecular complexity index is 2390. The van der Waals surface area contributed by atoms with Gasteiger partial charge in [0.15, 0.2) is 0 Å². The second-order valence-electron chi connectivity index (χ2n) is 11.8. The Hall–Kier alpha value is -5.84. The molecule has 4 unspecified atom stereocenters. The molecular formula is C40H26N4. The minimum Gasteiger partial charge on any atom is -0.312 e. The molecule has 206 valence electrons. The number of fused-ring (bicyclic) bond motifs is 10. The first kappa shape index (κ1) is 24.7. The van der Waals surface area contributed by atoms with Crippen LogP contribution in [0.2, 0.25) is 0 Å². The number of benzene rings is 4. The molecule has 3 aliphatic carbocycles. The molecule has 2 aromatic heterocycles. The molecular weight excluding hydrogens is 536 g/mol. The van der Waals surface area contributed by atoms with Gasteiger partial charge in [-0.05, 0) is 52.8 Å². The number of allylic oxidation sites excluding steroid dienone is 9. The predicted molar refractivity (Wildman–Crippen MR) is 179 cm³/mol. The van der Waals surface area contributed by atoms with E-state index in [1.807, 2.05) is 24.3 Å². The fraction of sp³-hybridized carbons (Fsp3) is 0.100. The Morgan fingerprint density at radius 3 is 1.89 bits per heavy atom. The van der Waals surface area contributed by atoms with Crippen LogP contribution in [0.1, 0.15) is 17.2 Å². The molecule has 2 heterocycles. The Kier molecular flexibility index (Phi) is 5.24. The molecule has 4 nitrogen and oxygen atoms in total. The highest BCUT2D eigenvalue weighted by Gasteiger charge is 2.38. The van der Waals surface area contributed by atoms with Crippen molar-refractivity contribution in [2.45, 2.75) is 5.92 Å². The van der Waals surface area contributed by atoms with E-state index in [1.165, 1.54) is 21.7 Å². The van der Waals surface area contributed by atoms with Gasteiger partial charge in [-0.2, -0.15) is 10.5 Å². The van der Waals surface area contributed by atoms with Crippen LogP contribution < -0.4 is 0 Å². The number of aromatic nitrogens is 2. The molecule has 0 fully saturated rings. The summed E-state index contributed by atoms with van der Waals surface area (Å²) in [5.74, 6) is -0.842. The molecule has 0 N–H and O–H groups in total. The first-order valence-electron chi connectivity index (χ1n) is 15.1. The monoisotopic (exact) mass is 562 g/mol. The Labute approximate surface area is 254 Å². The van der Waals surface area contributed by atoms with Crippen molar-refractivity contribution in [3.8, 4) is 12.1 Å². The van der Waals surface area contributed by atoms with Crippen molar-refractivity contribution >= 4 is 61.0 Å². The predicted octanol–water partition coefficient (Wildman–Crippen LogP) is 9.43. The van der Waals surface area contributed by atoms with E-state index in [-0.39, 0.29) is 11.8 Å². The minimum atomic E-state index is -0.668. The zero-order chi connectivity index (χ0) is 29.4. The third kappa shape index (κ3) is 3.26. The van der Waals surface area contributed by atoms with Crippen molar-refractivity contribution in [3.63, 3.8) is 0 Å². The summed E-state index contributed by atoms with van der Waals surface area (Å²) in [6, 6.07) is 34.6. The van der Waals surface area contributed by atoms with Gasteiger partial charge in [0, 0.05) is 39.4 Å². The lowest BCUT2D eigenvalue weighted by molar-refractivity contribution is 0.668. The van der Waals surface area contributed by atoms with Gasteiger partial charge >= 0.3 is 0 Å². The van der Waals surface area contributed by atoms with Crippen LogP contribution in [0.5, 0.6) is 0 Å². The van der Waals surface area contributed by atoms with Crippen molar-refractivity contribution in [2.24, 2.45) is 17.8 Å². The van der Waals surface area contributed by atoms with Gasteiger partial charge < -0.3 is 9.13 Å². The largest absolute Gasteiger partial charge is 0.312 e. The second-order valence-corrected chi connectivity index (χ2v) is 11.8. The number of hydrogen-bond acceptors (Lipinski definition) is 2. The second kappa shape index (κ2) is 9.33. The smallest absolute Gasteiger partial charge is 0.108 e. The Balaban J connectivity index is 1.35. The van der Waals surface area contributed by atoms with Gasteiger partial charge in [-0.15, -0.1) is 0 Å². The molecule has 0 aliphatic heterocycles. The fourth-order valence-corrected chi connectivity index (χ4v) is 7.82. The molecule has 0 radical (unpaired) electrons. The lowest BCUT2D eigenvalue weighted by Crippen LogP contribution is -2.24. The molecule has 0 bridgehead atoms. The number of nitrogens with zero attached hydrogens (tertiary/aromatic N) is 4. The summed E-state index contributed by atoms with van der Waals surface area (Å²) >= 11 is 0. The van der Waals surface area contributed by atoms with E-state index >= 15 is 0 Å². The van der Waals surface area contributed by atoms with E-state index in [0.717, 1.165) is 44.4 Å². The molecule has 0 spiro atoms. The van der Waals surface area contributed by atoms with Crippen molar-refractivity contribution in [1.29, 1.82) is 10.5 Å². The van der Waals surface area contributed by atoms with Gasteiger partial charge in [-0.1, -0.05) is 97.1 Å². The van der Waals surface area contributed by atoms with Gasteiger partial charge in [0.2, 0.25) is 0 Å². The van der Waals surface area contributed by atoms with Crippen LogP contribution in [0, 0.1) is 40.4 Å². The van der Waals surface area contributed by atoms with Crippen LogP contribution >= 0.6 is 0 Å². The molecule has 44 heavy (non-hydrogen) atoms. The SMILES string of the molecule is N#CC1C(n2c3c(c4c5ccccc5ccc42)C2C=CC=CC2C=C3)=CC=C(n2c3ccccc3c3ccccc32)C1C#N. The summed E-state index contributed by atoms with van der Waals surface area (Å²) in [6.07, 6.45) is 17.5. The topological polar surface area (TPSA) is 57.4 Å². The fourth-order valence-electron chi connectivity index (χ4n) is 7.82. The molecule has 0 saturated carbocycles. The quantitative estimate of drug-likeness (QED) is 0.211. The van der Waals surface area contributed by atoms with Crippen LogP contribution in [0.4, 0.5) is 0 Å². The third-order valence-electron chi connectivity index (χ3n) is 9.69. The summed E-state index contributed by atoms with van der Waals surface area (Å²) in [5, 5.41) is 27.4. The van der Waals surface area contributed by atoms with Crippen LogP contribution in [0.3, 0.4) is 0 Å². The molecule has 0 saturated heterocycles. The van der Waals surface area contributed by atoms with Gasteiger partial charge in [0.1, 0.15) is 11.8 Å². The van der Waals surface area contributed by atoms with Crippen molar-refractivity contribution in [1.82, 2.24) is 9.13 Å². The molecule has 0 amide bonds. The van der Waals surface area contributed by atoms with E-state index in [2.05, 4.69) is 131 Å². The minimum absolute atomic E-state index is 0.203. The zero-order valence-corrected chi connectivity index (χ0v) is 23.8. The summed E-state index contributed by atoms with van der Waals surface area (Å²) in [6.45, 7) is 0. The highest BCUT2D eigenvalue weighted by Crippen LogP contribution is 2.49. The molecule has 4 aromatic carbocycles. The molecule has 4 atom stereocenters. The van der Waals surface area contributed by atoms with E-state index < -0.39 is 11.8 Å². The van der Waals surface area contributed by atoms with Gasteiger partial charge in [0.05, 0.1) is 34.4 Å². The Morgan fingerprint density at radius 2 is 1.18 bits per heavy atom. The van der Waals surface area contributed by atoms with E-state index in [4.69, 9.17) is 0 Å². The maximum atomic E-state index is 10.8. The maximum Gasteiger partial charge on any atom is 0.108 e. The molecule has 3 aliphatic rings. The van der Waals surface area contributed by atoms with Crippen molar-refractivity contribution in [3.05, 3.63) is 139 Å². The van der Waals surface area contributed by atoms with E-state index in [0.29, 0.717) is 0 Å². The molecule has 9 rings (SSSR count). The maximum absolute atomic E-state index is 10.8. The molecule has 6 aromatic rings. The van der Waals surface area contributed by atoms with Crippen molar-refractivity contribution < 1.29 is 0 Å². The lowest BCUT2D eigenvalue weighted by Gasteiger charge is -2.30. The normalized spacial score (nSPS) is 22.0. The highest BCUT2D eigenvalue weighted by atomic mass is 15.0. The van der Waals surface area contributed by atoms with Gasteiger partial charge in [-0.3, -0.25) is 0 Å². The van der Waals surface area contributed by atoms with Crippen LogP contribution in [-0.2, 0) is 0 Å². The van der Waals surface area contributed by atoms with Crippen molar-refractivity contribution in [2.75, 3.05) is 0 Å². The lowest BCUT2D eigenvalue weighted by atomic mass is 9.78. The Morgan fingerprint density at radius 1 is 0.568 bits per heavy atom. The van der Waals surface area contributed by atoms with Crippen LogP contribution in [-0.4, -0.2) is 9.13 Å². The van der Waals surface area contributed by atoms with E-state index in [1.54, 1.807) is 0 Å². The first-order chi connectivity index (χ1) is 21.8. The summed E-state index contributed by atoms with van der Waals surface area (Å²) < 4.78 is 4.43. The number of hydrogen-bond donors (Lipinski definition) is 0. The number of nitriles is 2. The average Bonchev–Trinajstić information content (AvgIpc) is 3.61. The van der Waals surface area contributed by atoms with Gasteiger partial charge in [0.25, 0.3) is 0 Å². The van der Waals surface area contributed by atoms with Crippen LogP contribution in [0.25, 0.3) is 61.0 Å². The number of para-hydroxylation sites is 2. The van der Waals surface area contributed by atoms with Crippen LogP contribution in [0.15, 0.2) is 127 Å². The van der Waals surface area contributed by atoms with E-state index in [9.17, 15) is 10.5 Å².